The van der Waals surface area contributed by atoms with Gasteiger partial charge in [-0.2, -0.15) is 0 Å². The Bertz CT molecular complexity index is 397. The lowest BCUT2D eigenvalue weighted by atomic mass is 10.1. The zero-order valence-electron chi connectivity index (χ0n) is 12.8. The van der Waals surface area contributed by atoms with Gasteiger partial charge in [0.05, 0.1) is 18.8 Å². The SMILES string of the molecule is COC(C)(C)CNCc1ccc(N2CCOCC2)cc1. The molecule has 0 spiro atoms. The van der Waals surface area contributed by atoms with Crippen molar-refractivity contribution in [2.75, 3.05) is 44.9 Å². The Morgan fingerprint density at radius 2 is 1.85 bits per heavy atom. The molecule has 0 aliphatic carbocycles. The molecule has 0 aromatic heterocycles. The molecule has 2 rings (SSSR count). The van der Waals surface area contributed by atoms with Gasteiger partial charge in [0.2, 0.25) is 0 Å². The standard InChI is InChI=1S/C16H26N2O2/c1-16(2,19-3)13-17-12-14-4-6-15(7-5-14)18-8-10-20-11-9-18/h4-7,17H,8-13H2,1-3H3. The van der Waals surface area contributed by atoms with Crippen molar-refractivity contribution in [3.8, 4) is 0 Å². The van der Waals surface area contributed by atoms with E-state index in [1.54, 1.807) is 7.11 Å². The van der Waals surface area contributed by atoms with Crippen LogP contribution in [0.1, 0.15) is 19.4 Å². The maximum atomic E-state index is 5.39. The van der Waals surface area contributed by atoms with Gasteiger partial charge in [-0.15, -0.1) is 0 Å². The van der Waals surface area contributed by atoms with Gasteiger partial charge < -0.3 is 19.7 Å². The van der Waals surface area contributed by atoms with Crippen LogP contribution in [0.5, 0.6) is 0 Å². The molecule has 0 bridgehead atoms. The van der Waals surface area contributed by atoms with Crippen molar-refractivity contribution in [1.82, 2.24) is 5.32 Å². The first kappa shape index (κ1) is 15.3. The van der Waals surface area contributed by atoms with Gasteiger partial charge in [-0.05, 0) is 31.5 Å². The molecule has 0 radical (unpaired) electrons. The minimum atomic E-state index is -0.117. The maximum Gasteiger partial charge on any atom is 0.0746 e. The van der Waals surface area contributed by atoms with Crippen LogP contribution in [-0.2, 0) is 16.0 Å². The fourth-order valence-corrected chi connectivity index (χ4v) is 2.23. The second-order valence-electron chi connectivity index (χ2n) is 5.83. The van der Waals surface area contributed by atoms with Gasteiger partial charge in [0.25, 0.3) is 0 Å². The molecule has 1 aliphatic heterocycles. The third kappa shape index (κ3) is 4.47. The summed E-state index contributed by atoms with van der Waals surface area (Å²) in [5.41, 5.74) is 2.47. The molecule has 0 amide bonds. The largest absolute Gasteiger partial charge is 0.378 e. The summed E-state index contributed by atoms with van der Waals surface area (Å²) in [6.45, 7) is 9.51. The minimum absolute atomic E-state index is 0.117. The summed E-state index contributed by atoms with van der Waals surface area (Å²) >= 11 is 0. The summed E-state index contributed by atoms with van der Waals surface area (Å²) < 4.78 is 10.8. The van der Waals surface area contributed by atoms with Gasteiger partial charge in [-0.1, -0.05) is 12.1 Å². The first-order valence-corrected chi connectivity index (χ1v) is 7.28. The maximum absolute atomic E-state index is 5.39. The highest BCUT2D eigenvalue weighted by atomic mass is 16.5. The average molecular weight is 278 g/mol. The predicted octanol–water partition coefficient (Wildman–Crippen LogP) is 2.04. The highest BCUT2D eigenvalue weighted by molar-refractivity contribution is 5.47. The predicted molar refractivity (Wildman–Crippen MR) is 82.3 cm³/mol. The van der Waals surface area contributed by atoms with Crippen molar-refractivity contribution < 1.29 is 9.47 Å². The first-order chi connectivity index (χ1) is 9.61. The molecule has 0 saturated carbocycles. The van der Waals surface area contributed by atoms with Gasteiger partial charge in [0, 0.05) is 39.0 Å². The van der Waals surface area contributed by atoms with E-state index < -0.39 is 0 Å². The second kappa shape index (κ2) is 7.07. The van der Waals surface area contributed by atoms with Crippen molar-refractivity contribution in [3.05, 3.63) is 29.8 Å². The molecule has 112 valence electrons. The number of hydrogen-bond acceptors (Lipinski definition) is 4. The quantitative estimate of drug-likeness (QED) is 0.863. The lowest BCUT2D eigenvalue weighted by molar-refractivity contribution is 0.0231. The van der Waals surface area contributed by atoms with E-state index in [0.29, 0.717) is 0 Å². The number of morpholine rings is 1. The summed E-state index contributed by atoms with van der Waals surface area (Å²) in [6, 6.07) is 8.78. The number of methoxy groups -OCH3 is 1. The summed E-state index contributed by atoms with van der Waals surface area (Å²) in [5.74, 6) is 0. The molecular weight excluding hydrogens is 252 g/mol. The summed E-state index contributed by atoms with van der Waals surface area (Å²) in [7, 11) is 1.75. The fraction of sp³-hybridized carbons (Fsp3) is 0.625. The van der Waals surface area contributed by atoms with Gasteiger partial charge >= 0.3 is 0 Å². The number of hydrogen-bond donors (Lipinski definition) is 1. The van der Waals surface area contributed by atoms with Crippen LogP contribution in [-0.4, -0.2) is 45.6 Å². The van der Waals surface area contributed by atoms with Crippen LogP contribution in [0.3, 0.4) is 0 Å². The van der Waals surface area contributed by atoms with E-state index in [9.17, 15) is 0 Å². The van der Waals surface area contributed by atoms with Crippen LogP contribution in [0.25, 0.3) is 0 Å². The van der Waals surface area contributed by atoms with Crippen LogP contribution in [0.15, 0.2) is 24.3 Å². The molecule has 0 atom stereocenters. The summed E-state index contributed by atoms with van der Waals surface area (Å²) in [5, 5.41) is 3.43. The highest BCUT2D eigenvalue weighted by Gasteiger charge is 2.15. The van der Waals surface area contributed by atoms with Crippen molar-refractivity contribution in [2.24, 2.45) is 0 Å². The van der Waals surface area contributed by atoms with Gasteiger partial charge in [-0.25, -0.2) is 0 Å². The minimum Gasteiger partial charge on any atom is -0.378 e. The Labute approximate surface area is 122 Å². The van der Waals surface area contributed by atoms with Crippen molar-refractivity contribution >= 4 is 5.69 Å². The van der Waals surface area contributed by atoms with E-state index in [1.807, 2.05) is 0 Å². The van der Waals surface area contributed by atoms with Crippen LogP contribution in [0.4, 0.5) is 5.69 Å². The van der Waals surface area contributed by atoms with E-state index in [-0.39, 0.29) is 5.60 Å². The molecule has 4 nitrogen and oxygen atoms in total. The molecule has 1 aromatic carbocycles. The fourth-order valence-electron chi connectivity index (χ4n) is 2.23. The van der Waals surface area contributed by atoms with Crippen molar-refractivity contribution in [1.29, 1.82) is 0 Å². The lowest BCUT2D eigenvalue weighted by Crippen LogP contribution is -2.36. The van der Waals surface area contributed by atoms with Crippen LogP contribution in [0, 0.1) is 0 Å². The van der Waals surface area contributed by atoms with E-state index in [0.717, 1.165) is 39.4 Å². The Morgan fingerprint density at radius 1 is 1.20 bits per heavy atom. The zero-order valence-corrected chi connectivity index (χ0v) is 12.8. The Hall–Kier alpha value is -1.10. The molecule has 1 saturated heterocycles. The summed E-state index contributed by atoms with van der Waals surface area (Å²) in [6.07, 6.45) is 0. The van der Waals surface area contributed by atoms with Crippen LogP contribution in [0.2, 0.25) is 0 Å². The number of benzene rings is 1. The van der Waals surface area contributed by atoms with Crippen LogP contribution >= 0.6 is 0 Å². The van der Waals surface area contributed by atoms with Gasteiger partial charge in [-0.3, -0.25) is 0 Å². The van der Waals surface area contributed by atoms with E-state index >= 15 is 0 Å². The molecule has 1 N–H and O–H groups in total. The van der Waals surface area contributed by atoms with Gasteiger partial charge in [0.1, 0.15) is 0 Å². The number of rotatable bonds is 6. The number of nitrogens with one attached hydrogen (secondary N) is 1. The number of nitrogens with zero attached hydrogens (tertiary/aromatic N) is 1. The van der Waals surface area contributed by atoms with E-state index in [2.05, 4.69) is 48.3 Å². The highest BCUT2D eigenvalue weighted by Crippen LogP contribution is 2.16. The molecule has 1 aromatic rings. The Morgan fingerprint density at radius 3 is 2.45 bits per heavy atom. The zero-order chi connectivity index (χ0) is 14.4. The summed E-state index contributed by atoms with van der Waals surface area (Å²) in [4.78, 5) is 2.37. The monoisotopic (exact) mass is 278 g/mol. The normalized spacial score (nSPS) is 16.4. The third-order valence-corrected chi connectivity index (χ3v) is 3.75. The molecule has 1 heterocycles. The smallest absolute Gasteiger partial charge is 0.0746 e. The molecule has 0 unspecified atom stereocenters. The molecule has 1 aliphatic rings. The average Bonchev–Trinajstić information content (AvgIpc) is 2.49. The molecule has 4 heteroatoms. The van der Waals surface area contributed by atoms with Gasteiger partial charge in [0.15, 0.2) is 0 Å². The van der Waals surface area contributed by atoms with E-state index in [4.69, 9.17) is 9.47 Å². The molecular formula is C16H26N2O2. The van der Waals surface area contributed by atoms with Crippen molar-refractivity contribution in [2.45, 2.75) is 26.0 Å². The third-order valence-electron chi connectivity index (χ3n) is 3.75. The topological polar surface area (TPSA) is 33.7 Å². The van der Waals surface area contributed by atoms with E-state index in [1.165, 1.54) is 11.3 Å². The molecule has 1 fully saturated rings. The van der Waals surface area contributed by atoms with Crippen LogP contribution < -0.4 is 10.2 Å². The first-order valence-electron chi connectivity index (χ1n) is 7.28. The Kier molecular flexibility index (Phi) is 5.40. The number of ether oxygens (including phenoxy) is 2. The number of anilines is 1. The van der Waals surface area contributed by atoms with Crippen molar-refractivity contribution in [3.63, 3.8) is 0 Å². The second-order valence-corrected chi connectivity index (χ2v) is 5.83. The molecule has 20 heavy (non-hydrogen) atoms. The Balaban J connectivity index is 1.82. The lowest BCUT2D eigenvalue weighted by Gasteiger charge is -2.29.